The Morgan fingerprint density at radius 1 is 1.20 bits per heavy atom. The molecule has 1 aliphatic heterocycles. The highest BCUT2D eigenvalue weighted by atomic mass is 16.5. The van der Waals surface area contributed by atoms with Gasteiger partial charge < -0.3 is 9.64 Å². The maximum Gasteiger partial charge on any atom is 0.307 e. The molecular formula is C21H23NO3. The van der Waals surface area contributed by atoms with E-state index >= 15 is 0 Å². The molecule has 2 aromatic carbocycles. The van der Waals surface area contributed by atoms with Crippen LogP contribution in [0.4, 0.5) is 0 Å². The summed E-state index contributed by atoms with van der Waals surface area (Å²) in [5, 5.41) is 0. The van der Waals surface area contributed by atoms with E-state index in [2.05, 4.69) is 0 Å². The molecular weight excluding hydrogens is 314 g/mol. The number of aryl methyl sites for hydroxylation is 1. The summed E-state index contributed by atoms with van der Waals surface area (Å²) >= 11 is 0. The summed E-state index contributed by atoms with van der Waals surface area (Å²) in [7, 11) is 1.39. The number of carbonyl (C=O) groups is 2. The van der Waals surface area contributed by atoms with E-state index in [9.17, 15) is 9.59 Å². The number of rotatable bonds is 4. The zero-order chi connectivity index (χ0) is 18.0. The molecule has 1 unspecified atom stereocenters. The Morgan fingerprint density at radius 3 is 2.60 bits per heavy atom. The maximum atomic E-state index is 12.9. The summed E-state index contributed by atoms with van der Waals surface area (Å²) in [5.74, 6) is -0.262. The fourth-order valence-corrected chi connectivity index (χ4v) is 3.76. The van der Waals surface area contributed by atoms with Crippen LogP contribution in [-0.4, -0.2) is 23.9 Å². The third-order valence-electron chi connectivity index (χ3n) is 5.00. The Balaban J connectivity index is 2.07. The molecule has 0 saturated heterocycles. The minimum atomic E-state index is -0.306. The van der Waals surface area contributed by atoms with Gasteiger partial charge in [0, 0.05) is 0 Å². The molecule has 0 aromatic heterocycles. The van der Waals surface area contributed by atoms with Crippen LogP contribution in [0.1, 0.15) is 47.7 Å². The number of hydrogen-bond donors (Lipinski definition) is 0. The van der Waals surface area contributed by atoms with Gasteiger partial charge in [0.05, 0.1) is 32.0 Å². The summed E-state index contributed by atoms with van der Waals surface area (Å²) < 4.78 is 4.90. The molecule has 2 atom stereocenters. The zero-order valence-electron chi connectivity index (χ0n) is 14.9. The van der Waals surface area contributed by atoms with Crippen molar-refractivity contribution in [2.45, 2.75) is 38.8 Å². The number of fused-ring (bicyclic) bond motifs is 1. The van der Waals surface area contributed by atoms with E-state index in [-0.39, 0.29) is 30.4 Å². The molecule has 1 aliphatic rings. The lowest BCUT2D eigenvalue weighted by molar-refractivity contribution is -0.145. The van der Waals surface area contributed by atoms with Crippen LogP contribution >= 0.6 is 0 Å². The largest absolute Gasteiger partial charge is 0.469 e. The zero-order valence-corrected chi connectivity index (χ0v) is 14.9. The van der Waals surface area contributed by atoms with Gasteiger partial charge in [0.1, 0.15) is 0 Å². The van der Waals surface area contributed by atoms with Crippen molar-refractivity contribution in [1.82, 2.24) is 4.90 Å². The molecule has 0 aliphatic carbocycles. The van der Waals surface area contributed by atoms with Gasteiger partial charge in [-0.2, -0.15) is 0 Å². The molecule has 0 bridgehead atoms. The van der Waals surface area contributed by atoms with E-state index in [4.69, 9.17) is 4.74 Å². The number of carbonyl (C=O) groups excluding carboxylic acids is 2. The van der Waals surface area contributed by atoms with Gasteiger partial charge in [0.2, 0.25) is 5.91 Å². The first-order chi connectivity index (χ1) is 12.0. The third kappa shape index (κ3) is 3.29. The lowest BCUT2D eigenvalue weighted by Gasteiger charge is -2.41. The van der Waals surface area contributed by atoms with Crippen LogP contribution in [0.25, 0.3) is 0 Å². The number of methoxy groups -OCH3 is 1. The van der Waals surface area contributed by atoms with Crippen LogP contribution in [0.3, 0.4) is 0 Å². The number of nitrogens with zero attached hydrogens (tertiary/aromatic N) is 1. The molecule has 25 heavy (non-hydrogen) atoms. The van der Waals surface area contributed by atoms with Crippen molar-refractivity contribution < 1.29 is 14.3 Å². The second kappa shape index (κ2) is 7.09. The lowest BCUT2D eigenvalue weighted by Crippen LogP contribution is -2.43. The Hall–Kier alpha value is -2.62. The van der Waals surface area contributed by atoms with E-state index in [1.54, 1.807) is 0 Å². The first-order valence-electron chi connectivity index (χ1n) is 8.54. The lowest BCUT2D eigenvalue weighted by atomic mass is 9.85. The molecule has 0 saturated carbocycles. The quantitative estimate of drug-likeness (QED) is 0.798. The van der Waals surface area contributed by atoms with Crippen LogP contribution in [0.5, 0.6) is 0 Å². The molecule has 0 radical (unpaired) electrons. The summed E-state index contributed by atoms with van der Waals surface area (Å²) in [6.07, 6.45) is 0.531. The fourth-order valence-electron chi connectivity index (χ4n) is 3.76. The van der Waals surface area contributed by atoms with Gasteiger partial charge in [-0.3, -0.25) is 9.59 Å². The van der Waals surface area contributed by atoms with Crippen molar-refractivity contribution in [3.8, 4) is 0 Å². The van der Waals surface area contributed by atoms with E-state index < -0.39 is 0 Å². The van der Waals surface area contributed by atoms with Gasteiger partial charge in [-0.15, -0.1) is 0 Å². The molecule has 0 spiro atoms. The van der Waals surface area contributed by atoms with Crippen LogP contribution < -0.4 is 0 Å². The van der Waals surface area contributed by atoms with Crippen molar-refractivity contribution in [3.63, 3.8) is 0 Å². The van der Waals surface area contributed by atoms with E-state index in [0.29, 0.717) is 6.42 Å². The van der Waals surface area contributed by atoms with Gasteiger partial charge in [-0.05, 0) is 36.1 Å². The van der Waals surface area contributed by atoms with Crippen molar-refractivity contribution in [1.29, 1.82) is 0 Å². The number of benzene rings is 2. The maximum absolute atomic E-state index is 12.9. The Bertz CT molecular complexity index is 785. The van der Waals surface area contributed by atoms with E-state index in [1.165, 1.54) is 7.11 Å². The predicted octanol–water partition coefficient (Wildman–Crippen LogP) is 3.75. The smallest absolute Gasteiger partial charge is 0.307 e. The van der Waals surface area contributed by atoms with Gasteiger partial charge in [0.25, 0.3) is 0 Å². The second-order valence-electron chi connectivity index (χ2n) is 6.51. The van der Waals surface area contributed by atoms with Gasteiger partial charge >= 0.3 is 5.97 Å². The van der Waals surface area contributed by atoms with E-state index in [0.717, 1.165) is 22.3 Å². The summed E-state index contributed by atoms with van der Waals surface area (Å²) in [6.45, 7) is 4.05. The number of esters is 1. The average molecular weight is 337 g/mol. The molecule has 4 heteroatoms. The average Bonchev–Trinajstić information content (AvgIpc) is 2.61. The molecule has 1 amide bonds. The van der Waals surface area contributed by atoms with Crippen molar-refractivity contribution in [2.75, 3.05) is 7.11 Å². The van der Waals surface area contributed by atoms with Crippen molar-refractivity contribution >= 4 is 11.9 Å². The Labute approximate surface area is 148 Å². The van der Waals surface area contributed by atoms with Gasteiger partial charge in [0.15, 0.2) is 0 Å². The van der Waals surface area contributed by atoms with Crippen LogP contribution in [0.2, 0.25) is 0 Å². The summed E-state index contributed by atoms with van der Waals surface area (Å²) in [6, 6.07) is 15.5. The Morgan fingerprint density at radius 2 is 1.92 bits per heavy atom. The molecule has 4 nitrogen and oxygen atoms in total. The fraction of sp³-hybridized carbons (Fsp3) is 0.333. The van der Waals surface area contributed by atoms with E-state index in [1.807, 2.05) is 67.3 Å². The normalized spacial score (nSPS) is 17.8. The van der Waals surface area contributed by atoms with Crippen LogP contribution in [0.15, 0.2) is 48.5 Å². The molecule has 0 N–H and O–H groups in total. The topological polar surface area (TPSA) is 46.6 Å². The van der Waals surface area contributed by atoms with Crippen molar-refractivity contribution in [3.05, 3.63) is 70.8 Å². The monoisotopic (exact) mass is 337 g/mol. The third-order valence-corrected chi connectivity index (χ3v) is 5.00. The molecule has 2 aromatic rings. The highest BCUT2D eigenvalue weighted by Crippen LogP contribution is 2.40. The molecule has 1 heterocycles. The minimum Gasteiger partial charge on any atom is -0.469 e. The van der Waals surface area contributed by atoms with Gasteiger partial charge in [-0.1, -0.05) is 48.5 Å². The number of hydrogen-bond acceptors (Lipinski definition) is 3. The standard InChI is InChI=1S/C21H23NO3/c1-14-8-7-11-17-12-19(23)22(15(2)16-9-5-4-6-10-16)18(21(14)17)13-20(24)25-3/h4-11,15,18H,12-13H2,1-3H3/t15-,18?/m1/s1. The predicted molar refractivity (Wildman–Crippen MR) is 96.0 cm³/mol. The van der Waals surface area contributed by atoms with Crippen molar-refractivity contribution in [2.24, 2.45) is 0 Å². The highest BCUT2D eigenvalue weighted by Gasteiger charge is 2.38. The Kier molecular flexibility index (Phi) is 4.88. The number of ether oxygens (including phenoxy) is 1. The molecule has 0 fully saturated rings. The first kappa shape index (κ1) is 17.2. The van der Waals surface area contributed by atoms with Crippen LogP contribution in [-0.2, 0) is 20.7 Å². The number of amides is 1. The highest BCUT2D eigenvalue weighted by molar-refractivity contribution is 5.84. The summed E-state index contributed by atoms with van der Waals surface area (Å²) in [4.78, 5) is 26.8. The van der Waals surface area contributed by atoms with Crippen LogP contribution in [0, 0.1) is 6.92 Å². The molecule has 130 valence electrons. The molecule has 3 rings (SSSR count). The minimum absolute atomic E-state index is 0.0448. The SMILES string of the molecule is COC(=O)CC1c2c(C)cccc2CC(=O)N1[C@H](C)c1ccccc1. The first-order valence-corrected chi connectivity index (χ1v) is 8.54. The van der Waals surface area contributed by atoms with Gasteiger partial charge in [-0.25, -0.2) is 0 Å². The second-order valence-corrected chi connectivity index (χ2v) is 6.51. The summed E-state index contributed by atoms with van der Waals surface area (Å²) in [5.41, 5.74) is 4.25.